The molecule has 1 heterocycles. The molecule has 0 saturated heterocycles. The average Bonchev–Trinajstić information content (AvgIpc) is 2.28. The van der Waals surface area contributed by atoms with Crippen molar-refractivity contribution in [2.75, 3.05) is 5.32 Å². The summed E-state index contributed by atoms with van der Waals surface area (Å²) < 4.78 is 37.1. The maximum atomic E-state index is 12.4. The molecular weight excluding hydrogens is 305 g/mol. The Balaban J connectivity index is 2.97. The van der Waals surface area contributed by atoms with Crippen molar-refractivity contribution in [2.45, 2.75) is 18.6 Å². The summed E-state index contributed by atoms with van der Waals surface area (Å²) in [6, 6.07) is -0.995. The number of carboxylic acid groups (broad SMARTS) is 2. The standard InChI is InChI=1S/C10H8ClF3N2O4/c11-5-1-4(10(12,13)14)3-15-8(5)16-6(9(19)20)2-7(17)18/h1,3,6H,2H2,(H,15,16)(H,17,18)(H,19,20). The first-order chi connectivity index (χ1) is 9.11. The van der Waals surface area contributed by atoms with E-state index in [1.165, 1.54) is 0 Å². The monoisotopic (exact) mass is 312 g/mol. The average molecular weight is 313 g/mol. The molecule has 0 aliphatic carbocycles. The number of rotatable bonds is 5. The van der Waals surface area contributed by atoms with Crippen LogP contribution in [-0.4, -0.2) is 33.2 Å². The molecule has 0 aliphatic rings. The van der Waals surface area contributed by atoms with Crippen LogP contribution in [0.1, 0.15) is 12.0 Å². The number of carboxylic acids is 2. The molecule has 0 aliphatic heterocycles. The molecule has 1 aromatic rings. The van der Waals surface area contributed by atoms with Crippen LogP contribution in [0.2, 0.25) is 5.02 Å². The third-order valence-electron chi connectivity index (χ3n) is 2.16. The quantitative estimate of drug-likeness (QED) is 0.770. The smallest absolute Gasteiger partial charge is 0.417 e. The van der Waals surface area contributed by atoms with Crippen molar-refractivity contribution in [3.05, 3.63) is 22.8 Å². The molecular formula is C10H8ClF3N2O4. The van der Waals surface area contributed by atoms with Gasteiger partial charge in [-0.15, -0.1) is 0 Å². The summed E-state index contributed by atoms with van der Waals surface area (Å²) in [5.74, 6) is -3.23. The third kappa shape index (κ3) is 4.26. The van der Waals surface area contributed by atoms with Gasteiger partial charge in [0, 0.05) is 6.20 Å². The van der Waals surface area contributed by atoms with E-state index < -0.39 is 41.2 Å². The Kier molecular flexibility index (Phi) is 4.77. The molecule has 10 heteroatoms. The van der Waals surface area contributed by atoms with Gasteiger partial charge in [-0.1, -0.05) is 11.6 Å². The zero-order valence-electron chi connectivity index (χ0n) is 9.61. The van der Waals surface area contributed by atoms with E-state index in [1.807, 2.05) is 0 Å². The summed E-state index contributed by atoms with van der Waals surface area (Å²) in [4.78, 5) is 24.6. The molecule has 0 fully saturated rings. The van der Waals surface area contributed by atoms with Crippen molar-refractivity contribution in [2.24, 2.45) is 0 Å². The largest absolute Gasteiger partial charge is 0.481 e. The zero-order chi connectivity index (χ0) is 15.5. The van der Waals surface area contributed by atoms with Crippen LogP contribution in [-0.2, 0) is 15.8 Å². The predicted octanol–water partition coefficient (Wildman–Crippen LogP) is 2.09. The van der Waals surface area contributed by atoms with Gasteiger partial charge in [0.15, 0.2) is 0 Å². The Morgan fingerprint density at radius 3 is 2.40 bits per heavy atom. The van der Waals surface area contributed by atoms with Crippen LogP contribution in [0.4, 0.5) is 19.0 Å². The second-order valence-electron chi connectivity index (χ2n) is 3.69. The number of hydrogen-bond donors (Lipinski definition) is 3. The molecule has 0 bridgehead atoms. The van der Waals surface area contributed by atoms with Crippen LogP contribution in [0.15, 0.2) is 12.3 Å². The molecule has 110 valence electrons. The zero-order valence-corrected chi connectivity index (χ0v) is 10.4. The highest BCUT2D eigenvalue weighted by Gasteiger charge is 2.32. The molecule has 0 saturated carbocycles. The van der Waals surface area contributed by atoms with Crippen molar-refractivity contribution < 1.29 is 33.0 Å². The fourth-order valence-corrected chi connectivity index (χ4v) is 1.46. The van der Waals surface area contributed by atoms with E-state index in [0.717, 1.165) is 0 Å². The van der Waals surface area contributed by atoms with E-state index in [2.05, 4.69) is 10.3 Å². The molecule has 1 aromatic heterocycles. The Hall–Kier alpha value is -2.03. The van der Waals surface area contributed by atoms with Crippen LogP contribution < -0.4 is 5.32 Å². The van der Waals surface area contributed by atoms with E-state index in [-0.39, 0.29) is 5.82 Å². The maximum Gasteiger partial charge on any atom is 0.417 e. The number of carbonyl (C=O) groups is 2. The van der Waals surface area contributed by atoms with Crippen molar-refractivity contribution >= 4 is 29.4 Å². The van der Waals surface area contributed by atoms with Crippen molar-refractivity contribution in [3.8, 4) is 0 Å². The van der Waals surface area contributed by atoms with Gasteiger partial charge in [-0.05, 0) is 6.07 Å². The lowest BCUT2D eigenvalue weighted by molar-refractivity contribution is -0.144. The van der Waals surface area contributed by atoms with Gasteiger partial charge in [0.25, 0.3) is 0 Å². The van der Waals surface area contributed by atoms with Crippen LogP contribution in [0, 0.1) is 0 Å². The van der Waals surface area contributed by atoms with E-state index in [0.29, 0.717) is 12.3 Å². The van der Waals surface area contributed by atoms with Crippen LogP contribution in [0.3, 0.4) is 0 Å². The highest BCUT2D eigenvalue weighted by Crippen LogP contribution is 2.32. The molecule has 0 aromatic carbocycles. The maximum absolute atomic E-state index is 12.4. The van der Waals surface area contributed by atoms with E-state index in [1.54, 1.807) is 0 Å². The molecule has 0 amide bonds. The van der Waals surface area contributed by atoms with Gasteiger partial charge in [-0.25, -0.2) is 9.78 Å². The minimum atomic E-state index is -4.64. The molecule has 0 spiro atoms. The van der Waals surface area contributed by atoms with Crippen molar-refractivity contribution in [3.63, 3.8) is 0 Å². The molecule has 1 rings (SSSR count). The molecule has 1 atom stereocenters. The normalized spacial score (nSPS) is 12.8. The number of halogens is 4. The molecule has 6 nitrogen and oxygen atoms in total. The highest BCUT2D eigenvalue weighted by molar-refractivity contribution is 6.33. The number of alkyl halides is 3. The highest BCUT2D eigenvalue weighted by atomic mass is 35.5. The van der Waals surface area contributed by atoms with Crippen LogP contribution in [0.5, 0.6) is 0 Å². The lowest BCUT2D eigenvalue weighted by Gasteiger charge is -2.15. The number of aromatic nitrogens is 1. The van der Waals surface area contributed by atoms with Gasteiger partial charge < -0.3 is 15.5 Å². The molecule has 20 heavy (non-hydrogen) atoms. The summed E-state index contributed by atoms with van der Waals surface area (Å²) in [5.41, 5.74) is -1.10. The molecule has 1 unspecified atom stereocenters. The summed E-state index contributed by atoms with van der Waals surface area (Å²) in [5, 5.41) is 19.0. The minimum Gasteiger partial charge on any atom is -0.481 e. The summed E-state index contributed by atoms with van der Waals surface area (Å²) in [7, 11) is 0. The Morgan fingerprint density at radius 1 is 1.40 bits per heavy atom. The second-order valence-corrected chi connectivity index (χ2v) is 4.09. The minimum absolute atomic E-state index is 0.340. The fourth-order valence-electron chi connectivity index (χ4n) is 1.24. The second kappa shape index (κ2) is 5.95. The van der Waals surface area contributed by atoms with Gasteiger partial charge >= 0.3 is 18.1 Å². The lowest BCUT2D eigenvalue weighted by atomic mass is 10.2. The first kappa shape index (κ1) is 16.0. The van der Waals surface area contributed by atoms with Gasteiger partial charge in [0.2, 0.25) is 0 Å². The predicted molar refractivity (Wildman–Crippen MR) is 61.5 cm³/mol. The van der Waals surface area contributed by atoms with Gasteiger partial charge in [-0.3, -0.25) is 4.79 Å². The first-order valence-electron chi connectivity index (χ1n) is 5.05. The summed E-state index contributed by atoms with van der Waals surface area (Å²) in [6.45, 7) is 0. The number of aliphatic carboxylic acids is 2. The van der Waals surface area contributed by atoms with Crippen LogP contribution >= 0.6 is 11.6 Å². The SMILES string of the molecule is O=C(O)CC(Nc1ncc(C(F)(F)F)cc1Cl)C(=O)O. The van der Waals surface area contributed by atoms with Crippen molar-refractivity contribution in [1.29, 1.82) is 0 Å². The fraction of sp³-hybridized carbons (Fsp3) is 0.300. The van der Waals surface area contributed by atoms with Gasteiger partial charge in [0.1, 0.15) is 11.9 Å². The molecule has 0 radical (unpaired) electrons. The van der Waals surface area contributed by atoms with E-state index >= 15 is 0 Å². The van der Waals surface area contributed by atoms with Crippen LogP contribution in [0.25, 0.3) is 0 Å². The van der Waals surface area contributed by atoms with E-state index in [4.69, 9.17) is 21.8 Å². The first-order valence-corrected chi connectivity index (χ1v) is 5.43. The van der Waals surface area contributed by atoms with Gasteiger partial charge in [-0.2, -0.15) is 13.2 Å². The number of nitrogens with zero attached hydrogens (tertiary/aromatic N) is 1. The number of nitrogens with one attached hydrogen (secondary N) is 1. The number of anilines is 1. The molecule has 3 N–H and O–H groups in total. The van der Waals surface area contributed by atoms with Gasteiger partial charge in [0.05, 0.1) is 17.0 Å². The van der Waals surface area contributed by atoms with Crippen molar-refractivity contribution in [1.82, 2.24) is 4.98 Å². The number of pyridine rings is 1. The Labute approximate surface area is 115 Å². The number of hydrogen-bond acceptors (Lipinski definition) is 4. The Bertz CT molecular complexity index is 536. The lowest BCUT2D eigenvalue weighted by Crippen LogP contribution is -2.32. The third-order valence-corrected chi connectivity index (χ3v) is 2.44. The summed E-state index contributed by atoms with van der Waals surface area (Å²) in [6.07, 6.45) is -4.95. The Morgan fingerprint density at radius 2 is 2.00 bits per heavy atom. The summed E-state index contributed by atoms with van der Waals surface area (Å²) >= 11 is 5.56. The topological polar surface area (TPSA) is 99.5 Å². The van der Waals surface area contributed by atoms with E-state index in [9.17, 15) is 22.8 Å².